The fraction of sp³-hybridized carbons (Fsp3) is 0.444. The molecular formula is C18H23NO2. The minimum Gasteiger partial charge on any atom is -0.508 e. The average molecular weight is 285 g/mol. The zero-order chi connectivity index (χ0) is 14.8. The molecule has 3 rings (SSSR count). The van der Waals surface area contributed by atoms with E-state index in [0.717, 1.165) is 30.4 Å². The van der Waals surface area contributed by atoms with Crippen LogP contribution in [0.15, 0.2) is 40.8 Å². The molecular weight excluding hydrogens is 262 g/mol. The smallest absolute Gasteiger partial charge is 0.117 e. The van der Waals surface area contributed by atoms with Gasteiger partial charge in [-0.2, -0.15) is 0 Å². The molecule has 3 unspecified atom stereocenters. The van der Waals surface area contributed by atoms with Crippen molar-refractivity contribution in [3.8, 4) is 5.75 Å². The van der Waals surface area contributed by atoms with Gasteiger partial charge in [0.1, 0.15) is 17.3 Å². The molecule has 3 atom stereocenters. The molecule has 1 aliphatic carbocycles. The molecule has 3 heteroatoms. The van der Waals surface area contributed by atoms with Gasteiger partial charge in [-0.3, -0.25) is 0 Å². The van der Waals surface area contributed by atoms with Crippen molar-refractivity contribution in [1.82, 2.24) is 5.32 Å². The zero-order valence-corrected chi connectivity index (χ0v) is 12.7. The van der Waals surface area contributed by atoms with E-state index >= 15 is 0 Å². The lowest BCUT2D eigenvalue weighted by molar-refractivity contribution is 0.426. The fourth-order valence-electron chi connectivity index (χ4n) is 2.74. The van der Waals surface area contributed by atoms with Gasteiger partial charge in [-0.1, -0.05) is 19.1 Å². The molecule has 1 aromatic carbocycles. The van der Waals surface area contributed by atoms with Crippen molar-refractivity contribution in [2.75, 3.05) is 0 Å². The molecule has 1 fully saturated rings. The molecule has 0 aliphatic heterocycles. The summed E-state index contributed by atoms with van der Waals surface area (Å²) in [6, 6.07) is 12.0. The van der Waals surface area contributed by atoms with Crippen LogP contribution in [0.1, 0.15) is 43.3 Å². The minimum atomic E-state index is 0.316. The van der Waals surface area contributed by atoms with Crippen LogP contribution in [-0.4, -0.2) is 11.1 Å². The van der Waals surface area contributed by atoms with E-state index in [9.17, 15) is 5.11 Å². The predicted octanol–water partition coefficient (Wildman–Crippen LogP) is 3.83. The maximum atomic E-state index is 9.29. The van der Waals surface area contributed by atoms with Gasteiger partial charge in [0.25, 0.3) is 0 Å². The molecule has 0 spiro atoms. The van der Waals surface area contributed by atoms with Crippen LogP contribution in [0.2, 0.25) is 0 Å². The van der Waals surface area contributed by atoms with Crippen molar-refractivity contribution in [3.05, 3.63) is 53.5 Å². The quantitative estimate of drug-likeness (QED) is 0.848. The van der Waals surface area contributed by atoms with Gasteiger partial charge in [0.05, 0.1) is 6.54 Å². The number of hydrogen-bond donors (Lipinski definition) is 2. The summed E-state index contributed by atoms with van der Waals surface area (Å²) >= 11 is 0. The van der Waals surface area contributed by atoms with E-state index in [1.54, 1.807) is 12.1 Å². The number of rotatable bonds is 6. The second kappa shape index (κ2) is 5.94. The number of phenolic OH excluding ortho intramolecular Hbond substituents is 1. The Hall–Kier alpha value is -1.74. The first-order valence-corrected chi connectivity index (χ1v) is 7.71. The highest BCUT2D eigenvalue weighted by Crippen LogP contribution is 2.47. The zero-order valence-electron chi connectivity index (χ0n) is 12.7. The first-order chi connectivity index (χ1) is 10.1. The highest BCUT2D eigenvalue weighted by Gasteiger charge is 2.36. The van der Waals surface area contributed by atoms with Crippen LogP contribution < -0.4 is 5.32 Å². The average Bonchev–Trinajstić information content (AvgIpc) is 3.01. The van der Waals surface area contributed by atoms with Crippen LogP contribution >= 0.6 is 0 Å². The molecule has 0 bridgehead atoms. The Kier molecular flexibility index (Phi) is 4.02. The van der Waals surface area contributed by atoms with E-state index in [-0.39, 0.29) is 0 Å². The number of phenols is 1. The standard InChI is InChI=1S/C18H23NO2/c1-12-9-17(12)18-8-7-16(21-18)11-19-13(2)10-14-3-5-15(20)6-4-14/h3-8,12-13,17,19-20H,9-11H2,1-2H3. The Bertz CT molecular complexity index is 588. The van der Waals surface area contributed by atoms with Crippen molar-refractivity contribution in [1.29, 1.82) is 0 Å². The first-order valence-electron chi connectivity index (χ1n) is 7.71. The van der Waals surface area contributed by atoms with Gasteiger partial charge in [0, 0.05) is 12.0 Å². The topological polar surface area (TPSA) is 45.4 Å². The molecule has 2 aromatic rings. The lowest BCUT2D eigenvalue weighted by Crippen LogP contribution is -2.27. The van der Waals surface area contributed by atoms with Crippen molar-refractivity contribution in [2.45, 2.75) is 45.2 Å². The number of nitrogens with one attached hydrogen (secondary N) is 1. The molecule has 21 heavy (non-hydrogen) atoms. The van der Waals surface area contributed by atoms with Crippen molar-refractivity contribution >= 4 is 0 Å². The van der Waals surface area contributed by atoms with Gasteiger partial charge in [-0.25, -0.2) is 0 Å². The highest BCUT2D eigenvalue weighted by molar-refractivity contribution is 5.26. The highest BCUT2D eigenvalue weighted by atomic mass is 16.3. The lowest BCUT2D eigenvalue weighted by Gasteiger charge is -2.13. The van der Waals surface area contributed by atoms with Gasteiger partial charge in [0.15, 0.2) is 0 Å². The Morgan fingerprint density at radius 1 is 1.24 bits per heavy atom. The van der Waals surface area contributed by atoms with Crippen LogP contribution in [0.25, 0.3) is 0 Å². The maximum Gasteiger partial charge on any atom is 0.117 e. The third-order valence-electron chi connectivity index (χ3n) is 4.26. The SMILES string of the molecule is CC(Cc1ccc(O)cc1)NCc1ccc(C2CC2C)o1. The van der Waals surface area contributed by atoms with Crippen LogP contribution in [-0.2, 0) is 13.0 Å². The molecule has 3 nitrogen and oxygen atoms in total. The van der Waals surface area contributed by atoms with Gasteiger partial charge in [-0.05, 0) is 55.5 Å². The van der Waals surface area contributed by atoms with E-state index in [2.05, 4.69) is 31.3 Å². The Morgan fingerprint density at radius 2 is 1.95 bits per heavy atom. The number of aromatic hydroxyl groups is 1. The molecule has 1 saturated carbocycles. The summed E-state index contributed by atoms with van der Waals surface area (Å²) in [5.74, 6) is 3.91. The van der Waals surface area contributed by atoms with Gasteiger partial charge in [-0.15, -0.1) is 0 Å². The fourth-order valence-corrected chi connectivity index (χ4v) is 2.74. The van der Waals surface area contributed by atoms with Gasteiger partial charge < -0.3 is 14.8 Å². The number of hydrogen-bond acceptors (Lipinski definition) is 3. The molecule has 0 amide bonds. The normalized spacial score (nSPS) is 22.2. The molecule has 0 radical (unpaired) electrons. The summed E-state index contributed by atoms with van der Waals surface area (Å²) in [6.07, 6.45) is 2.20. The van der Waals surface area contributed by atoms with Crippen molar-refractivity contribution < 1.29 is 9.52 Å². The molecule has 2 N–H and O–H groups in total. The Morgan fingerprint density at radius 3 is 2.62 bits per heavy atom. The first kappa shape index (κ1) is 14.2. The van der Waals surface area contributed by atoms with Crippen LogP contribution in [0.5, 0.6) is 5.75 Å². The Balaban J connectivity index is 1.48. The number of benzene rings is 1. The minimum absolute atomic E-state index is 0.316. The molecule has 112 valence electrons. The van der Waals surface area contributed by atoms with E-state index < -0.39 is 0 Å². The van der Waals surface area contributed by atoms with E-state index in [4.69, 9.17) is 4.42 Å². The second-order valence-corrected chi connectivity index (χ2v) is 6.28. The predicted molar refractivity (Wildman–Crippen MR) is 83.3 cm³/mol. The molecule has 1 aromatic heterocycles. The van der Waals surface area contributed by atoms with Crippen LogP contribution in [0, 0.1) is 5.92 Å². The van der Waals surface area contributed by atoms with E-state index in [0.29, 0.717) is 17.7 Å². The number of furan rings is 1. The lowest BCUT2D eigenvalue weighted by atomic mass is 10.1. The molecule has 0 saturated heterocycles. The maximum absolute atomic E-state index is 9.29. The molecule has 1 heterocycles. The van der Waals surface area contributed by atoms with Crippen molar-refractivity contribution in [2.24, 2.45) is 5.92 Å². The Labute approximate surface area is 126 Å². The van der Waals surface area contributed by atoms with Gasteiger partial charge in [0.2, 0.25) is 0 Å². The molecule has 1 aliphatic rings. The summed E-state index contributed by atoms with van der Waals surface area (Å²) in [4.78, 5) is 0. The van der Waals surface area contributed by atoms with Crippen molar-refractivity contribution in [3.63, 3.8) is 0 Å². The van der Waals surface area contributed by atoms with Gasteiger partial charge >= 0.3 is 0 Å². The summed E-state index contributed by atoms with van der Waals surface area (Å²) in [7, 11) is 0. The van der Waals surface area contributed by atoms with E-state index in [1.807, 2.05) is 12.1 Å². The largest absolute Gasteiger partial charge is 0.508 e. The summed E-state index contributed by atoms with van der Waals surface area (Å²) in [5.41, 5.74) is 1.22. The van der Waals surface area contributed by atoms with Crippen LogP contribution in [0.4, 0.5) is 0 Å². The third-order valence-corrected chi connectivity index (χ3v) is 4.26. The second-order valence-electron chi connectivity index (χ2n) is 6.28. The summed E-state index contributed by atoms with van der Waals surface area (Å²) in [6.45, 7) is 5.20. The monoisotopic (exact) mass is 285 g/mol. The third kappa shape index (κ3) is 3.67. The van der Waals surface area contributed by atoms with E-state index in [1.165, 1.54) is 12.0 Å². The van der Waals surface area contributed by atoms with Crippen LogP contribution in [0.3, 0.4) is 0 Å². The summed E-state index contributed by atoms with van der Waals surface area (Å²) < 4.78 is 5.90. The summed E-state index contributed by atoms with van der Waals surface area (Å²) in [5, 5.41) is 12.8.